The molecule has 3 N–H and O–H groups in total. The second kappa shape index (κ2) is 14.2. The van der Waals surface area contributed by atoms with E-state index >= 15 is 0 Å². The number of ether oxygens (including phenoxy) is 1. The fourth-order valence-electron chi connectivity index (χ4n) is 4.00. The highest BCUT2D eigenvalue weighted by Gasteiger charge is 2.29. The molecule has 0 aliphatic rings. The van der Waals surface area contributed by atoms with Gasteiger partial charge >= 0.3 is 11.9 Å². The predicted molar refractivity (Wildman–Crippen MR) is 169 cm³/mol. The zero-order valence-electron chi connectivity index (χ0n) is 22.0. The van der Waals surface area contributed by atoms with Crippen molar-refractivity contribution in [1.29, 1.82) is 0 Å². The minimum Gasteiger partial charge on any atom is -0.478 e. The standard InChI is InChI=1S/C30H20Cl4N2O6S/c1-42-30(41)18-12-5-6-13-19(18)36-28(38)26(15-8-3-2-4-9-15)43-17-11-7-10-16(14-17)35-27(37)20-21(29(39)40)23(32)25(34)24(33)22(20)31/h2-14,26H,1H3,(H,35,37)(H,36,38)(H,39,40). The summed E-state index contributed by atoms with van der Waals surface area (Å²) in [6.07, 6.45) is 0. The van der Waals surface area contributed by atoms with Crippen molar-refractivity contribution in [3.63, 3.8) is 0 Å². The van der Waals surface area contributed by atoms with Gasteiger partial charge in [-0.1, -0.05) is 94.9 Å². The third kappa shape index (κ3) is 7.26. The molecule has 8 nitrogen and oxygen atoms in total. The highest BCUT2D eigenvalue weighted by atomic mass is 35.5. The minimum absolute atomic E-state index is 0.196. The summed E-state index contributed by atoms with van der Waals surface area (Å²) < 4.78 is 4.83. The van der Waals surface area contributed by atoms with E-state index in [1.165, 1.54) is 18.9 Å². The number of carboxylic acids is 1. The molecule has 13 heteroatoms. The van der Waals surface area contributed by atoms with Gasteiger partial charge < -0.3 is 20.5 Å². The average molecular weight is 678 g/mol. The number of carboxylic acid groups (broad SMARTS) is 1. The van der Waals surface area contributed by atoms with Crippen LogP contribution in [0.25, 0.3) is 0 Å². The van der Waals surface area contributed by atoms with Crippen LogP contribution in [0.3, 0.4) is 0 Å². The van der Waals surface area contributed by atoms with Gasteiger partial charge in [0, 0.05) is 10.6 Å². The molecule has 1 atom stereocenters. The summed E-state index contributed by atoms with van der Waals surface area (Å²) >= 11 is 25.6. The first-order valence-electron chi connectivity index (χ1n) is 12.2. The highest BCUT2D eigenvalue weighted by molar-refractivity contribution is 8.00. The topological polar surface area (TPSA) is 122 Å². The Morgan fingerprint density at radius 2 is 1.40 bits per heavy atom. The Balaban J connectivity index is 1.64. The van der Waals surface area contributed by atoms with E-state index < -0.39 is 45.2 Å². The van der Waals surface area contributed by atoms with Crippen molar-refractivity contribution in [1.82, 2.24) is 0 Å². The second-order valence-electron chi connectivity index (χ2n) is 8.73. The lowest BCUT2D eigenvalue weighted by molar-refractivity contribution is -0.115. The summed E-state index contributed by atoms with van der Waals surface area (Å²) in [5.41, 5.74) is 0.371. The molecule has 1 unspecified atom stereocenters. The van der Waals surface area contributed by atoms with E-state index in [1.807, 2.05) is 6.07 Å². The molecule has 0 saturated heterocycles. The Bertz CT molecular complexity index is 1740. The van der Waals surface area contributed by atoms with E-state index in [2.05, 4.69) is 10.6 Å². The van der Waals surface area contributed by atoms with E-state index in [1.54, 1.807) is 72.8 Å². The van der Waals surface area contributed by atoms with Crippen LogP contribution < -0.4 is 10.6 Å². The number of thioether (sulfide) groups is 1. The van der Waals surface area contributed by atoms with Gasteiger partial charge in [0.05, 0.1) is 49.6 Å². The molecule has 0 spiro atoms. The smallest absolute Gasteiger partial charge is 0.339 e. The van der Waals surface area contributed by atoms with E-state index in [4.69, 9.17) is 51.1 Å². The van der Waals surface area contributed by atoms with Gasteiger partial charge in [0.15, 0.2) is 0 Å². The maximum absolute atomic E-state index is 13.6. The Morgan fingerprint density at radius 3 is 2.05 bits per heavy atom. The molecule has 0 heterocycles. The minimum atomic E-state index is -1.52. The van der Waals surface area contributed by atoms with Gasteiger partial charge in [-0.05, 0) is 35.9 Å². The molecule has 4 aromatic carbocycles. The quantitative estimate of drug-likeness (QED) is 0.0703. The number of methoxy groups -OCH3 is 1. The van der Waals surface area contributed by atoms with E-state index in [-0.39, 0.29) is 32.0 Å². The summed E-state index contributed by atoms with van der Waals surface area (Å²) in [7, 11) is 1.25. The molecular weight excluding hydrogens is 658 g/mol. The van der Waals surface area contributed by atoms with Gasteiger partial charge in [-0.3, -0.25) is 9.59 Å². The molecule has 0 saturated carbocycles. The molecular formula is C30H20Cl4N2O6S. The lowest BCUT2D eigenvalue weighted by Gasteiger charge is -2.19. The summed E-state index contributed by atoms with van der Waals surface area (Å²) in [5.74, 6) is -3.42. The molecule has 4 rings (SSSR count). The van der Waals surface area contributed by atoms with Gasteiger partial charge in [0.1, 0.15) is 5.25 Å². The maximum atomic E-state index is 13.6. The first-order valence-corrected chi connectivity index (χ1v) is 14.6. The van der Waals surface area contributed by atoms with Crippen LogP contribution in [0.4, 0.5) is 11.4 Å². The SMILES string of the molecule is COC(=O)c1ccccc1NC(=O)C(Sc1cccc(NC(=O)c2c(Cl)c(Cl)c(Cl)c(Cl)c2C(=O)O)c1)c1ccccc1. The number of hydrogen-bond donors (Lipinski definition) is 3. The van der Waals surface area contributed by atoms with Crippen molar-refractivity contribution in [2.75, 3.05) is 17.7 Å². The van der Waals surface area contributed by atoms with Crippen molar-refractivity contribution >= 4 is 93.3 Å². The van der Waals surface area contributed by atoms with Crippen molar-refractivity contribution in [2.45, 2.75) is 10.1 Å². The fourth-order valence-corrected chi connectivity index (χ4v) is 6.10. The van der Waals surface area contributed by atoms with Gasteiger partial charge in [-0.15, -0.1) is 11.8 Å². The Kier molecular flexibility index (Phi) is 10.6. The number of anilines is 2. The van der Waals surface area contributed by atoms with Gasteiger partial charge in [-0.2, -0.15) is 0 Å². The first-order chi connectivity index (χ1) is 20.5. The Hall–Kier alpha value is -3.73. The van der Waals surface area contributed by atoms with Crippen molar-refractivity contribution in [3.05, 3.63) is 121 Å². The monoisotopic (exact) mass is 676 g/mol. The molecule has 0 radical (unpaired) electrons. The van der Waals surface area contributed by atoms with Crippen LogP contribution >= 0.6 is 58.2 Å². The molecule has 0 aliphatic carbocycles. The third-order valence-corrected chi connectivity index (χ3v) is 9.03. The molecule has 0 fully saturated rings. The number of halogens is 4. The maximum Gasteiger partial charge on any atom is 0.339 e. The number of amides is 2. The molecule has 0 aromatic heterocycles. The number of para-hydroxylation sites is 1. The van der Waals surface area contributed by atoms with Crippen molar-refractivity contribution in [2.24, 2.45) is 0 Å². The van der Waals surface area contributed by atoms with Crippen LogP contribution in [0.2, 0.25) is 20.1 Å². The second-order valence-corrected chi connectivity index (χ2v) is 11.4. The van der Waals surface area contributed by atoms with E-state index in [0.29, 0.717) is 10.5 Å². The van der Waals surface area contributed by atoms with Crippen LogP contribution in [0.15, 0.2) is 83.8 Å². The number of carbonyl (C=O) groups is 4. The van der Waals surface area contributed by atoms with Crippen LogP contribution in [0, 0.1) is 0 Å². The number of carbonyl (C=O) groups excluding carboxylic acids is 3. The van der Waals surface area contributed by atoms with Crippen molar-refractivity contribution < 1.29 is 29.0 Å². The Labute approximate surface area is 270 Å². The lowest BCUT2D eigenvalue weighted by atomic mass is 10.1. The van der Waals surface area contributed by atoms with Crippen LogP contribution in [0.5, 0.6) is 0 Å². The number of rotatable bonds is 9. The molecule has 43 heavy (non-hydrogen) atoms. The molecule has 220 valence electrons. The molecule has 0 bridgehead atoms. The summed E-state index contributed by atoms with van der Waals surface area (Å²) in [5, 5.41) is 13.0. The third-order valence-electron chi connectivity index (χ3n) is 5.98. The van der Waals surface area contributed by atoms with Gasteiger partial charge in [-0.25, -0.2) is 9.59 Å². The van der Waals surface area contributed by atoms with Crippen LogP contribution in [0.1, 0.15) is 41.9 Å². The number of hydrogen-bond acceptors (Lipinski definition) is 6. The van der Waals surface area contributed by atoms with Crippen molar-refractivity contribution in [3.8, 4) is 0 Å². The highest BCUT2D eigenvalue weighted by Crippen LogP contribution is 2.42. The molecule has 2 amide bonds. The average Bonchev–Trinajstić information content (AvgIpc) is 3.00. The molecule has 0 aliphatic heterocycles. The fraction of sp³-hybridized carbons (Fsp3) is 0.0667. The zero-order chi connectivity index (χ0) is 31.3. The zero-order valence-corrected chi connectivity index (χ0v) is 25.8. The Morgan fingerprint density at radius 1 is 0.767 bits per heavy atom. The summed E-state index contributed by atoms with van der Waals surface area (Å²) in [6.45, 7) is 0. The lowest BCUT2D eigenvalue weighted by Crippen LogP contribution is -2.21. The largest absolute Gasteiger partial charge is 0.478 e. The number of nitrogens with one attached hydrogen (secondary N) is 2. The number of esters is 1. The van der Waals surface area contributed by atoms with Crippen LogP contribution in [-0.2, 0) is 9.53 Å². The molecule has 4 aromatic rings. The van der Waals surface area contributed by atoms with E-state index in [9.17, 15) is 24.3 Å². The van der Waals surface area contributed by atoms with E-state index in [0.717, 1.165) is 0 Å². The number of benzene rings is 4. The first kappa shape index (κ1) is 32.2. The number of aromatic carboxylic acids is 1. The normalized spacial score (nSPS) is 11.4. The summed E-state index contributed by atoms with van der Waals surface area (Å²) in [4.78, 5) is 51.5. The van der Waals surface area contributed by atoms with Gasteiger partial charge in [0.25, 0.3) is 5.91 Å². The predicted octanol–water partition coefficient (Wildman–Crippen LogP) is 8.51. The van der Waals surface area contributed by atoms with Crippen LogP contribution in [-0.4, -0.2) is 36.0 Å². The van der Waals surface area contributed by atoms with Gasteiger partial charge in [0.2, 0.25) is 5.91 Å². The summed E-state index contributed by atoms with van der Waals surface area (Å²) in [6, 6.07) is 22.0.